The SMILES string of the molecule is CN(C)S(=O)(=O)N1CCC(C(=O)Nc2ccc(Br)c(Cl)c2)CC1. The summed E-state index contributed by atoms with van der Waals surface area (Å²) in [6.07, 6.45) is 1.01. The fraction of sp³-hybridized carbons (Fsp3) is 0.500. The molecule has 23 heavy (non-hydrogen) atoms. The fourth-order valence-corrected chi connectivity index (χ4v) is 3.96. The van der Waals surface area contributed by atoms with E-state index in [1.165, 1.54) is 22.7 Å². The first-order valence-electron chi connectivity index (χ1n) is 7.15. The Morgan fingerprint density at radius 2 is 1.96 bits per heavy atom. The lowest BCUT2D eigenvalue weighted by molar-refractivity contribution is -0.120. The van der Waals surface area contributed by atoms with Crippen LogP contribution in [0.15, 0.2) is 22.7 Å². The van der Waals surface area contributed by atoms with Crippen LogP contribution < -0.4 is 5.32 Å². The molecule has 0 spiro atoms. The van der Waals surface area contributed by atoms with Crippen molar-refractivity contribution in [3.8, 4) is 0 Å². The lowest BCUT2D eigenvalue weighted by Gasteiger charge is -2.32. The van der Waals surface area contributed by atoms with Gasteiger partial charge in [-0.25, -0.2) is 0 Å². The first-order chi connectivity index (χ1) is 10.7. The number of anilines is 1. The summed E-state index contributed by atoms with van der Waals surface area (Å²) in [6.45, 7) is 0.694. The van der Waals surface area contributed by atoms with E-state index in [0.29, 0.717) is 36.6 Å². The molecule has 1 aromatic carbocycles. The third-order valence-electron chi connectivity index (χ3n) is 3.80. The van der Waals surface area contributed by atoms with Gasteiger partial charge in [0.05, 0.1) is 5.02 Å². The second-order valence-corrected chi connectivity index (χ2v) is 8.99. The van der Waals surface area contributed by atoms with E-state index in [1.807, 2.05) is 0 Å². The van der Waals surface area contributed by atoms with Crippen LogP contribution in [0, 0.1) is 5.92 Å². The van der Waals surface area contributed by atoms with Crippen molar-refractivity contribution in [1.29, 1.82) is 0 Å². The van der Waals surface area contributed by atoms with Crippen molar-refractivity contribution < 1.29 is 13.2 Å². The molecule has 1 N–H and O–H groups in total. The lowest BCUT2D eigenvalue weighted by Crippen LogP contribution is -2.46. The molecule has 9 heteroatoms. The summed E-state index contributed by atoms with van der Waals surface area (Å²) in [5.74, 6) is -0.309. The molecule has 1 heterocycles. The van der Waals surface area contributed by atoms with E-state index in [9.17, 15) is 13.2 Å². The van der Waals surface area contributed by atoms with Crippen molar-refractivity contribution in [1.82, 2.24) is 8.61 Å². The number of amides is 1. The summed E-state index contributed by atoms with van der Waals surface area (Å²) in [6, 6.07) is 5.21. The zero-order chi connectivity index (χ0) is 17.2. The predicted octanol–water partition coefficient (Wildman–Crippen LogP) is 2.56. The number of halogens is 2. The molecule has 1 aromatic rings. The zero-order valence-electron chi connectivity index (χ0n) is 12.9. The van der Waals surface area contributed by atoms with Crippen LogP contribution in [0.25, 0.3) is 0 Å². The van der Waals surface area contributed by atoms with Gasteiger partial charge in [0.25, 0.3) is 10.2 Å². The van der Waals surface area contributed by atoms with Gasteiger partial charge in [-0.15, -0.1) is 0 Å². The molecule has 0 unspecified atom stereocenters. The van der Waals surface area contributed by atoms with Gasteiger partial charge in [-0.2, -0.15) is 17.0 Å². The van der Waals surface area contributed by atoms with E-state index in [-0.39, 0.29) is 11.8 Å². The second-order valence-electron chi connectivity index (χ2n) is 5.58. The van der Waals surface area contributed by atoms with Gasteiger partial charge in [-0.05, 0) is 47.0 Å². The van der Waals surface area contributed by atoms with E-state index in [1.54, 1.807) is 18.2 Å². The monoisotopic (exact) mass is 423 g/mol. The van der Waals surface area contributed by atoms with Crippen molar-refractivity contribution in [2.75, 3.05) is 32.5 Å². The number of nitrogens with one attached hydrogen (secondary N) is 1. The molecule has 2 rings (SSSR count). The minimum atomic E-state index is -3.41. The Morgan fingerprint density at radius 1 is 1.35 bits per heavy atom. The molecule has 1 aliphatic heterocycles. The van der Waals surface area contributed by atoms with Gasteiger partial charge >= 0.3 is 0 Å². The average Bonchev–Trinajstić information content (AvgIpc) is 2.51. The Morgan fingerprint density at radius 3 is 2.48 bits per heavy atom. The van der Waals surface area contributed by atoms with Crippen LogP contribution in [0.3, 0.4) is 0 Å². The molecule has 0 atom stereocenters. The Hall–Kier alpha value is -0.670. The topological polar surface area (TPSA) is 69.7 Å². The normalized spacial score (nSPS) is 17.4. The summed E-state index contributed by atoms with van der Waals surface area (Å²) >= 11 is 9.30. The first-order valence-corrected chi connectivity index (χ1v) is 9.72. The molecule has 6 nitrogen and oxygen atoms in total. The Labute approximate surface area is 150 Å². The van der Waals surface area contributed by atoms with Crippen LogP contribution >= 0.6 is 27.5 Å². The standard InChI is InChI=1S/C14H19BrClN3O3S/c1-18(2)23(21,22)19-7-5-10(6-8-19)14(20)17-11-3-4-12(15)13(16)9-11/h3-4,9-10H,5-8H2,1-2H3,(H,17,20). The summed E-state index contributed by atoms with van der Waals surface area (Å²) in [4.78, 5) is 12.3. The van der Waals surface area contributed by atoms with Gasteiger partial charge in [0, 0.05) is 43.3 Å². The van der Waals surface area contributed by atoms with Crippen molar-refractivity contribution >= 4 is 49.3 Å². The zero-order valence-corrected chi connectivity index (χ0v) is 16.1. The number of benzene rings is 1. The highest BCUT2D eigenvalue weighted by Crippen LogP contribution is 2.27. The maximum Gasteiger partial charge on any atom is 0.281 e. The third kappa shape index (κ3) is 4.45. The number of hydrogen-bond acceptors (Lipinski definition) is 3. The molecule has 128 valence electrons. The van der Waals surface area contributed by atoms with Crippen LogP contribution in [0.5, 0.6) is 0 Å². The predicted molar refractivity (Wildman–Crippen MR) is 94.7 cm³/mol. The van der Waals surface area contributed by atoms with E-state index in [4.69, 9.17) is 11.6 Å². The summed E-state index contributed by atoms with van der Waals surface area (Å²) in [7, 11) is -0.395. The summed E-state index contributed by atoms with van der Waals surface area (Å²) in [5, 5.41) is 3.36. The number of carbonyl (C=O) groups excluding carboxylic acids is 1. The van der Waals surface area contributed by atoms with Gasteiger partial charge in [0.2, 0.25) is 5.91 Å². The van der Waals surface area contributed by atoms with Crippen LogP contribution in [0.2, 0.25) is 5.02 Å². The second kappa shape index (κ2) is 7.48. The number of carbonyl (C=O) groups is 1. The summed E-state index contributed by atoms with van der Waals surface area (Å²) in [5.41, 5.74) is 0.631. The molecule has 0 aliphatic carbocycles. The third-order valence-corrected chi connectivity index (χ3v) is 6.97. The molecule has 1 aliphatic rings. The highest BCUT2D eigenvalue weighted by Gasteiger charge is 2.32. The molecular weight excluding hydrogens is 406 g/mol. The van der Waals surface area contributed by atoms with E-state index < -0.39 is 10.2 Å². The Kier molecular flexibility index (Phi) is 6.07. The number of rotatable bonds is 4. The highest BCUT2D eigenvalue weighted by atomic mass is 79.9. The van der Waals surface area contributed by atoms with E-state index >= 15 is 0 Å². The molecule has 0 saturated carbocycles. The van der Waals surface area contributed by atoms with E-state index in [2.05, 4.69) is 21.2 Å². The quantitative estimate of drug-likeness (QED) is 0.807. The maximum absolute atomic E-state index is 12.3. The smallest absolute Gasteiger partial charge is 0.281 e. The largest absolute Gasteiger partial charge is 0.326 e. The van der Waals surface area contributed by atoms with Crippen molar-refractivity contribution in [3.63, 3.8) is 0 Å². The van der Waals surface area contributed by atoms with Gasteiger partial charge in [0.1, 0.15) is 0 Å². The minimum absolute atomic E-state index is 0.106. The molecule has 0 bridgehead atoms. The molecule has 0 radical (unpaired) electrons. The fourth-order valence-electron chi connectivity index (χ4n) is 2.40. The average molecular weight is 425 g/mol. The van der Waals surface area contributed by atoms with Gasteiger partial charge < -0.3 is 5.32 Å². The highest BCUT2D eigenvalue weighted by molar-refractivity contribution is 9.10. The number of hydrogen-bond donors (Lipinski definition) is 1. The first kappa shape index (κ1) is 18.7. The number of nitrogens with zero attached hydrogens (tertiary/aromatic N) is 2. The van der Waals surface area contributed by atoms with Gasteiger partial charge in [0.15, 0.2) is 0 Å². The maximum atomic E-state index is 12.3. The Bertz CT molecular complexity index is 689. The van der Waals surface area contributed by atoms with E-state index in [0.717, 1.165) is 4.47 Å². The van der Waals surface area contributed by atoms with Crippen molar-refractivity contribution in [2.45, 2.75) is 12.8 Å². The van der Waals surface area contributed by atoms with Crippen LogP contribution in [0.1, 0.15) is 12.8 Å². The molecule has 1 saturated heterocycles. The Balaban J connectivity index is 1.95. The van der Waals surface area contributed by atoms with Gasteiger partial charge in [-0.1, -0.05) is 11.6 Å². The lowest BCUT2D eigenvalue weighted by atomic mass is 9.97. The van der Waals surface area contributed by atoms with Crippen LogP contribution in [0.4, 0.5) is 5.69 Å². The van der Waals surface area contributed by atoms with Crippen LogP contribution in [-0.2, 0) is 15.0 Å². The molecular formula is C14H19BrClN3O3S. The van der Waals surface area contributed by atoms with Crippen molar-refractivity contribution in [2.24, 2.45) is 5.92 Å². The molecule has 1 fully saturated rings. The summed E-state index contributed by atoms with van der Waals surface area (Å²) < 4.78 is 27.5. The van der Waals surface area contributed by atoms with Crippen LogP contribution in [-0.4, -0.2) is 50.1 Å². The van der Waals surface area contributed by atoms with Crippen molar-refractivity contribution in [3.05, 3.63) is 27.7 Å². The molecule has 1 amide bonds. The number of piperidine rings is 1. The minimum Gasteiger partial charge on any atom is -0.326 e. The van der Waals surface area contributed by atoms with Gasteiger partial charge in [-0.3, -0.25) is 4.79 Å². The molecule has 0 aromatic heterocycles.